The van der Waals surface area contributed by atoms with Crippen LogP contribution in [0.3, 0.4) is 0 Å². The molecule has 0 saturated heterocycles. The molecule has 1 amide bonds. The Morgan fingerprint density at radius 2 is 1.87 bits per heavy atom. The number of fused-ring (bicyclic) bond motifs is 1. The Labute approximate surface area is 130 Å². The fourth-order valence-corrected chi connectivity index (χ4v) is 2.23. The van der Waals surface area contributed by atoms with Crippen molar-refractivity contribution < 1.29 is 28.3 Å². The van der Waals surface area contributed by atoms with Gasteiger partial charge in [0.25, 0.3) is 11.7 Å². The molecular weight excluding hydrogens is 302 g/mol. The van der Waals surface area contributed by atoms with Crippen LogP contribution in [0, 0.1) is 0 Å². The predicted octanol–water partition coefficient (Wildman–Crippen LogP) is 1.23. The van der Waals surface area contributed by atoms with Crippen molar-refractivity contribution in [2.24, 2.45) is 0 Å². The van der Waals surface area contributed by atoms with Gasteiger partial charge in [0.2, 0.25) is 5.78 Å². The first-order valence-electron chi connectivity index (χ1n) is 6.75. The van der Waals surface area contributed by atoms with Gasteiger partial charge in [-0.25, -0.2) is 0 Å². The normalized spacial score (nSPS) is 13.1. The molecule has 116 valence electrons. The minimum absolute atomic E-state index is 0.0792. The van der Waals surface area contributed by atoms with Gasteiger partial charge in [-0.2, -0.15) is 0 Å². The first-order valence-corrected chi connectivity index (χ1v) is 6.75. The van der Waals surface area contributed by atoms with E-state index in [0.29, 0.717) is 5.69 Å². The van der Waals surface area contributed by atoms with E-state index in [1.165, 1.54) is 18.4 Å². The molecule has 2 heterocycles. The molecule has 0 unspecified atom stereocenters. The van der Waals surface area contributed by atoms with E-state index >= 15 is 0 Å². The third-order valence-corrected chi connectivity index (χ3v) is 3.33. The van der Waals surface area contributed by atoms with Gasteiger partial charge in [0, 0.05) is 0 Å². The van der Waals surface area contributed by atoms with Crippen LogP contribution in [0.1, 0.15) is 20.9 Å². The van der Waals surface area contributed by atoms with Crippen molar-refractivity contribution in [3.63, 3.8) is 0 Å². The number of anilines is 1. The highest BCUT2D eigenvalue weighted by Gasteiger charge is 2.36. The third kappa shape index (κ3) is 2.76. The van der Waals surface area contributed by atoms with E-state index in [9.17, 15) is 19.2 Å². The van der Waals surface area contributed by atoms with E-state index in [1.807, 2.05) is 0 Å². The number of hydrogen-bond acceptors (Lipinski definition) is 6. The van der Waals surface area contributed by atoms with Crippen molar-refractivity contribution in [1.29, 1.82) is 0 Å². The maximum absolute atomic E-state index is 11.9. The van der Waals surface area contributed by atoms with E-state index in [2.05, 4.69) is 0 Å². The summed E-state index contributed by atoms with van der Waals surface area (Å²) in [6.45, 7) is -0.934. The van der Waals surface area contributed by atoms with Crippen LogP contribution in [0.4, 0.5) is 5.69 Å². The fourth-order valence-electron chi connectivity index (χ4n) is 2.23. The molecule has 1 aromatic carbocycles. The average molecular weight is 313 g/mol. The number of carbonyl (C=O) groups excluding carboxylic acids is 4. The highest BCUT2D eigenvalue weighted by atomic mass is 16.5. The third-order valence-electron chi connectivity index (χ3n) is 3.33. The molecule has 1 aromatic heterocycles. The quantitative estimate of drug-likeness (QED) is 0.468. The van der Waals surface area contributed by atoms with Gasteiger partial charge in [-0.1, -0.05) is 12.1 Å². The Kier molecular flexibility index (Phi) is 3.76. The summed E-state index contributed by atoms with van der Waals surface area (Å²) in [4.78, 5) is 48.2. The first-order chi connectivity index (χ1) is 11.1. The lowest BCUT2D eigenvalue weighted by atomic mass is 10.1. The number of para-hydroxylation sites is 1. The van der Waals surface area contributed by atoms with E-state index in [-0.39, 0.29) is 11.3 Å². The number of rotatable bonds is 5. The first kappa shape index (κ1) is 14.7. The Morgan fingerprint density at radius 3 is 2.61 bits per heavy atom. The Balaban J connectivity index is 1.63. The number of benzene rings is 1. The van der Waals surface area contributed by atoms with Gasteiger partial charge < -0.3 is 9.15 Å². The molecule has 7 nitrogen and oxygen atoms in total. The number of furan rings is 1. The minimum Gasteiger partial charge on any atom is -0.461 e. The second kappa shape index (κ2) is 5.88. The van der Waals surface area contributed by atoms with Crippen molar-refractivity contribution in [2.45, 2.75) is 0 Å². The Morgan fingerprint density at radius 1 is 1.09 bits per heavy atom. The number of ketones is 2. The molecule has 1 aliphatic rings. The second-order valence-electron chi connectivity index (χ2n) is 4.80. The molecule has 0 spiro atoms. The van der Waals surface area contributed by atoms with Gasteiger partial charge in [0.05, 0.1) is 17.5 Å². The number of ether oxygens (including phenoxy) is 1. The lowest BCUT2D eigenvalue weighted by molar-refractivity contribution is -0.141. The largest absolute Gasteiger partial charge is 0.461 e. The number of nitrogens with zero attached hydrogens (tertiary/aromatic N) is 1. The maximum atomic E-state index is 11.9. The molecule has 2 aromatic rings. The summed E-state index contributed by atoms with van der Waals surface area (Å²) in [7, 11) is 0. The molecule has 0 radical (unpaired) electrons. The van der Waals surface area contributed by atoms with Crippen molar-refractivity contribution in [3.05, 3.63) is 54.0 Å². The van der Waals surface area contributed by atoms with Gasteiger partial charge in [-0.05, 0) is 24.3 Å². The number of carbonyl (C=O) groups is 4. The van der Waals surface area contributed by atoms with E-state index in [1.54, 1.807) is 24.3 Å². The van der Waals surface area contributed by atoms with Crippen LogP contribution >= 0.6 is 0 Å². The Bertz CT molecular complexity index is 793. The van der Waals surface area contributed by atoms with Crippen LogP contribution in [-0.4, -0.2) is 36.6 Å². The molecule has 0 aliphatic carbocycles. The van der Waals surface area contributed by atoms with E-state index in [0.717, 1.165) is 4.90 Å². The van der Waals surface area contributed by atoms with Crippen molar-refractivity contribution in [1.82, 2.24) is 0 Å². The lowest BCUT2D eigenvalue weighted by Gasteiger charge is -2.15. The van der Waals surface area contributed by atoms with E-state index in [4.69, 9.17) is 9.15 Å². The highest BCUT2D eigenvalue weighted by Crippen LogP contribution is 2.28. The number of Topliss-reactive ketones (excluding diaryl/α,β-unsaturated/α-hetero) is 2. The SMILES string of the molecule is O=C(CN1C(=O)C(=O)c2ccccc21)OCC(=O)c1ccco1. The number of esters is 1. The monoisotopic (exact) mass is 313 g/mol. The van der Waals surface area contributed by atoms with Gasteiger partial charge in [-0.3, -0.25) is 24.1 Å². The predicted molar refractivity (Wildman–Crippen MR) is 77.1 cm³/mol. The number of amides is 1. The van der Waals surface area contributed by atoms with Gasteiger partial charge in [-0.15, -0.1) is 0 Å². The molecule has 0 saturated carbocycles. The molecule has 1 aliphatic heterocycles. The molecular formula is C16H11NO6. The van der Waals surface area contributed by atoms with Crippen LogP contribution in [0.25, 0.3) is 0 Å². The molecule has 7 heteroatoms. The highest BCUT2D eigenvalue weighted by molar-refractivity contribution is 6.52. The van der Waals surface area contributed by atoms with Crippen LogP contribution in [0.2, 0.25) is 0 Å². The van der Waals surface area contributed by atoms with Crippen molar-refractivity contribution >= 4 is 29.1 Å². The summed E-state index contributed by atoms with van der Waals surface area (Å²) >= 11 is 0. The van der Waals surface area contributed by atoms with Crippen LogP contribution < -0.4 is 4.90 Å². The molecule has 3 rings (SSSR count). The zero-order chi connectivity index (χ0) is 16.4. The fraction of sp³-hybridized carbons (Fsp3) is 0.125. The summed E-state index contributed by atoms with van der Waals surface area (Å²) in [5, 5.41) is 0. The zero-order valence-electron chi connectivity index (χ0n) is 11.9. The minimum atomic E-state index is -0.791. The zero-order valence-corrected chi connectivity index (χ0v) is 11.9. The molecule has 0 N–H and O–H groups in total. The van der Waals surface area contributed by atoms with Crippen LogP contribution in [0.15, 0.2) is 47.1 Å². The summed E-state index contributed by atoms with van der Waals surface area (Å²) in [6, 6.07) is 9.37. The lowest BCUT2D eigenvalue weighted by Crippen LogP contribution is -2.36. The summed E-state index contributed by atoms with van der Waals surface area (Å²) in [5.74, 6) is -2.66. The molecule has 23 heavy (non-hydrogen) atoms. The second-order valence-corrected chi connectivity index (χ2v) is 4.80. The van der Waals surface area contributed by atoms with E-state index < -0.39 is 36.6 Å². The molecule has 0 bridgehead atoms. The molecule has 0 atom stereocenters. The molecule has 0 fully saturated rings. The average Bonchev–Trinajstić information content (AvgIpc) is 3.17. The van der Waals surface area contributed by atoms with Crippen molar-refractivity contribution in [3.8, 4) is 0 Å². The number of hydrogen-bond donors (Lipinski definition) is 0. The summed E-state index contributed by atoms with van der Waals surface area (Å²) in [6.07, 6.45) is 1.33. The summed E-state index contributed by atoms with van der Waals surface area (Å²) < 4.78 is 9.72. The van der Waals surface area contributed by atoms with Crippen molar-refractivity contribution in [2.75, 3.05) is 18.1 Å². The van der Waals surface area contributed by atoms with Gasteiger partial charge >= 0.3 is 5.97 Å². The standard InChI is InChI=1S/C16H11NO6/c18-12(13-6-3-7-22-13)9-23-14(19)8-17-11-5-2-1-4-10(11)15(20)16(17)21/h1-7H,8-9H2. The van der Waals surface area contributed by atoms with Gasteiger partial charge in [0.15, 0.2) is 12.4 Å². The summed E-state index contributed by atoms with van der Waals surface area (Å²) in [5.41, 5.74) is 0.605. The Hall–Kier alpha value is -3.22. The maximum Gasteiger partial charge on any atom is 0.326 e. The smallest absolute Gasteiger partial charge is 0.326 e. The van der Waals surface area contributed by atoms with Crippen LogP contribution in [0.5, 0.6) is 0 Å². The van der Waals surface area contributed by atoms with Crippen LogP contribution in [-0.2, 0) is 14.3 Å². The van der Waals surface area contributed by atoms with Gasteiger partial charge in [0.1, 0.15) is 6.54 Å². The topological polar surface area (TPSA) is 93.9 Å².